The molecule has 0 saturated carbocycles. The number of halogens is 1. The Morgan fingerprint density at radius 1 is 1.17 bits per heavy atom. The lowest BCUT2D eigenvalue weighted by Gasteiger charge is -2.27. The quantitative estimate of drug-likeness (QED) is 0.711. The van der Waals surface area contributed by atoms with E-state index in [2.05, 4.69) is 5.10 Å². The van der Waals surface area contributed by atoms with E-state index in [0.29, 0.717) is 24.7 Å². The molecule has 1 aliphatic heterocycles. The summed E-state index contributed by atoms with van der Waals surface area (Å²) < 4.78 is 7.37. The van der Waals surface area contributed by atoms with Crippen LogP contribution in [-0.2, 0) is 24.4 Å². The van der Waals surface area contributed by atoms with Gasteiger partial charge in [-0.2, -0.15) is 5.10 Å². The molecule has 4 rings (SSSR count). The molecular weight excluding hydrogens is 326 g/mol. The lowest BCUT2D eigenvalue weighted by molar-refractivity contribution is 0.0861. The Bertz CT molecular complexity index is 892. The van der Waals surface area contributed by atoms with Gasteiger partial charge in [0, 0.05) is 17.0 Å². The van der Waals surface area contributed by atoms with Gasteiger partial charge in [0.1, 0.15) is 6.61 Å². The van der Waals surface area contributed by atoms with Crippen LogP contribution in [0, 0.1) is 0 Å². The van der Waals surface area contributed by atoms with Crippen LogP contribution in [0.4, 0.5) is 4.79 Å². The van der Waals surface area contributed by atoms with Gasteiger partial charge in [0.2, 0.25) is 0 Å². The van der Waals surface area contributed by atoms with Crippen LogP contribution in [0.3, 0.4) is 0 Å². The maximum atomic E-state index is 12.3. The van der Waals surface area contributed by atoms with Crippen LogP contribution < -0.4 is 0 Å². The predicted octanol–water partition coefficient (Wildman–Crippen LogP) is 3.84. The number of aromatic nitrogens is 2. The van der Waals surface area contributed by atoms with Crippen molar-refractivity contribution < 1.29 is 9.53 Å². The van der Waals surface area contributed by atoms with Crippen molar-refractivity contribution in [1.29, 1.82) is 0 Å². The van der Waals surface area contributed by atoms with E-state index in [4.69, 9.17) is 16.3 Å². The minimum absolute atomic E-state index is 0.284. The first-order valence-electron chi connectivity index (χ1n) is 7.81. The van der Waals surface area contributed by atoms with Crippen LogP contribution in [-0.4, -0.2) is 27.3 Å². The van der Waals surface area contributed by atoms with Crippen LogP contribution in [0.5, 0.6) is 0 Å². The first kappa shape index (κ1) is 15.0. The molecule has 6 heteroatoms. The summed E-state index contributed by atoms with van der Waals surface area (Å²) in [6.07, 6.45) is -0.298. The molecule has 122 valence electrons. The molecule has 0 atom stereocenters. The normalized spacial score (nSPS) is 13.8. The first-order chi connectivity index (χ1) is 11.7. The van der Waals surface area contributed by atoms with E-state index in [1.54, 1.807) is 4.90 Å². The first-order valence-corrected chi connectivity index (χ1v) is 8.19. The van der Waals surface area contributed by atoms with Gasteiger partial charge in [-0.3, -0.25) is 4.68 Å². The third-order valence-corrected chi connectivity index (χ3v) is 4.43. The van der Waals surface area contributed by atoms with Gasteiger partial charge in [0.05, 0.1) is 24.3 Å². The van der Waals surface area contributed by atoms with Crippen LogP contribution in [0.1, 0.15) is 11.3 Å². The number of hydrogen-bond acceptors (Lipinski definition) is 3. The summed E-state index contributed by atoms with van der Waals surface area (Å²) in [5.41, 5.74) is 2.86. The molecule has 1 aromatic heterocycles. The molecule has 24 heavy (non-hydrogen) atoms. The van der Waals surface area contributed by atoms with E-state index in [9.17, 15) is 4.79 Å². The number of fused-ring (bicyclic) bond motifs is 3. The number of benzene rings is 2. The highest BCUT2D eigenvalue weighted by Gasteiger charge is 2.24. The minimum atomic E-state index is -0.298. The summed E-state index contributed by atoms with van der Waals surface area (Å²) in [7, 11) is 0. The summed E-state index contributed by atoms with van der Waals surface area (Å²) in [5, 5.41) is 6.25. The fraction of sp³-hybridized carbons (Fsp3) is 0.222. The van der Waals surface area contributed by atoms with Gasteiger partial charge in [-0.15, -0.1) is 0 Å². The molecular formula is C18H16ClN3O2. The van der Waals surface area contributed by atoms with Crippen molar-refractivity contribution in [3.8, 4) is 0 Å². The summed E-state index contributed by atoms with van der Waals surface area (Å²) in [6.45, 7) is 2.02. The summed E-state index contributed by atoms with van der Waals surface area (Å²) >= 11 is 6.03. The van der Waals surface area contributed by atoms with E-state index in [1.807, 2.05) is 53.2 Å². The molecule has 3 aromatic rings. The molecule has 0 aliphatic carbocycles. The number of nitrogens with zero attached hydrogens (tertiary/aromatic N) is 3. The molecule has 2 heterocycles. The van der Waals surface area contributed by atoms with Gasteiger partial charge < -0.3 is 9.64 Å². The topological polar surface area (TPSA) is 47.4 Å². The van der Waals surface area contributed by atoms with Gasteiger partial charge in [-0.1, -0.05) is 41.9 Å². The van der Waals surface area contributed by atoms with Gasteiger partial charge in [-0.05, 0) is 23.8 Å². The molecule has 5 nitrogen and oxygen atoms in total. The molecule has 0 saturated heterocycles. The molecule has 0 radical (unpaired) electrons. The van der Waals surface area contributed by atoms with Crippen molar-refractivity contribution in [2.75, 3.05) is 6.54 Å². The number of amides is 1. The highest BCUT2D eigenvalue weighted by Crippen LogP contribution is 2.25. The van der Waals surface area contributed by atoms with Gasteiger partial charge in [0.15, 0.2) is 0 Å². The Hall–Kier alpha value is -2.53. The second-order valence-corrected chi connectivity index (χ2v) is 6.23. The standard InChI is InChI=1S/C18H16ClN3O2/c19-14-6-7-15-16(10-14)20-22-9-8-21(11-17(15)22)18(23)24-12-13-4-2-1-3-5-13/h1-7,10H,8-9,11-12H2. The minimum Gasteiger partial charge on any atom is -0.445 e. The summed E-state index contributed by atoms with van der Waals surface area (Å²) in [5.74, 6) is 0. The molecule has 0 unspecified atom stereocenters. The van der Waals surface area contributed by atoms with Crippen LogP contribution in [0.25, 0.3) is 10.9 Å². The highest BCUT2D eigenvalue weighted by atomic mass is 35.5. The van der Waals surface area contributed by atoms with E-state index in [0.717, 1.165) is 22.2 Å². The van der Waals surface area contributed by atoms with Crippen molar-refractivity contribution in [3.05, 3.63) is 64.8 Å². The third kappa shape index (κ3) is 2.83. The maximum absolute atomic E-state index is 12.3. The van der Waals surface area contributed by atoms with Crippen molar-refractivity contribution in [2.45, 2.75) is 19.7 Å². The highest BCUT2D eigenvalue weighted by molar-refractivity contribution is 6.31. The lowest BCUT2D eigenvalue weighted by Crippen LogP contribution is -2.38. The van der Waals surface area contributed by atoms with E-state index in [1.165, 1.54) is 0 Å². The Kier molecular flexibility index (Phi) is 3.86. The lowest BCUT2D eigenvalue weighted by atomic mass is 10.2. The van der Waals surface area contributed by atoms with E-state index >= 15 is 0 Å². The van der Waals surface area contributed by atoms with E-state index < -0.39 is 0 Å². The van der Waals surface area contributed by atoms with Crippen LogP contribution in [0.2, 0.25) is 5.02 Å². The molecule has 0 fully saturated rings. The fourth-order valence-electron chi connectivity index (χ4n) is 2.95. The average molecular weight is 342 g/mol. The van der Waals surface area contributed by atoms with Gasteiger partial charge in [-0.25, -0.2) is 4.79 Å². The van der Waals surface area contributed by atoms with Crippen molar-refractivity contribution >= 4 is 28.6 Å². The maximum Gasteiger partial charge on any atom is 0.410 e. The second kappa shape index (κ2) is 6.17. The van der Waals surface area contributed by atoms with Crippen molar-refractivity contribution in [2.24, 2.45) is 0 Å². The Morgan fingerprint density at radius 3 is 2.83 bits per heavy atom. The number of hydrogen-bond donors (Lipinski definition) is 0. The zero-order valence-electron chi connectivity index (χ0n) is 13.0. The Balaban J connectivity index is 1.49. The molecule has 1 amide bonds. The summed E-state index contributed by atoms with van der Waals surface area (Å²) in [6, 6.07) is 15.3. The number of ether oxygens (including phenoxy) is 1. The smallest absolute Gasteiger partial charge is 0.410 e. The monoisotopic (exact) mass is 341 g/mol. The van der Waals surface area contributed by atoms with Crippen molar-refractivity contribution in [3.63, 3.8) is 0 Å². The molecule has 2 aromatic carbocycles. The second-order valence-electron chi connectivity index (χ2n) is 5.79. The average Bonchev–Trinajstić information content (AvgIpc) is 2.97. The van der Waals surface area contributed by atoms with Crippen LogP contribution in [0.15, 0.2) is 48.5 Å². The SMILES string of the molecule is O=C(OCc1ccccc1)N1CCn2nc3cc(Cl)ccc3c2C1. The van der Waals surface area contributed by atoms with Crippen LogP contribution >= 0.6 is 11.6 Å². The largest absolute Gasteiger partial charge is 0.445 e. The van der Waals surface area contributed by atoms with Gasteiger partial charge in [0.25, 0.3) is 0 Å². The Morgan fingerprint density at radius 2 is 2.00 bits per heavy atom. The number of carbonyl (C=O) groups excluding carboxylic acids is 1. The zero-order valence-corrected chi connectivity index (χ0v) is 13.7. The number of rotatable bonds is 2. The predicted molar refractivity (Wildman–Crippen MR) is 91.8 cm³/mol. The molecule has 0 bridgehead atoms. The van der Waals surface area contributed by atoms with Gasteiger partial charge >= 0.3 is 6.09 Å². The number of carbonyl (C=O) groups is 1. The molecule has 0 spiro atoms. The third-order valence-electron chi connectivity index (χ3n) is 4.20. The molecule has 1 aliphatic rings. The Labute approximate surface area is 144 Å². The summed E-state index contributed by atoms with van der Waals surface area (Å²) in [4.78, 5) is 14.1. The fourth-order valence-corrected chi connectivity index (χ4v) is 3.12. The van der Waals surface area contributed by atoms with Crippen molar-refractivity contribution in [1.82, 2.24) is 14.7 Å². The van der Waals surface area contributed by atoms with E-state index in [-0.39, 0.29) is 12.7 Å². The molecule has 0 N–H and O–H groups in total. The zero-order chi connectivity index (χ0) is 16.5.